The molecule has 14 heavy (non-hydrogen) atoms. The van der Waals surface area contributed by atoms with Crippen LogP contribution in [-0.4, -0.2) is 9.58 Å². The Morgan fingerprint density at radius 1 is 1.29 bits per heavy atom. The number of carbonyl (C=O) groups is 1. The maximum absolute atomic E-state index is 11.5. The standard InChI is InChI=1S/C10H15Cl3O/c11-10(12,13)7-3-5-8-4-1-2-6-9(8)14/h8H,1-7H2. The quantitative estimate of drug-likeness (QED) is 0.690. The molecule has 0 saturated heterocycles. The lowest BCUT2D eigenvalue weighted by Gasteiger charge is -2.20. The highest BCUT2D eigenvalue weighted by molar-refractivity contribution is 6.67. The van der Waals surface area contributed by atoms with Gasteiger partial charge in [-0.1, -0.05) is 41.2 Å². The van der Waals surface area contributed by atoms with Gasteiger partial charge in [-0.05, 0) is 32.1 Å². The van der Waals surface area contributed by atoms with Crippen LogP contribution in [0.3, 0.4) is 0 Å². The maximum atomic E-state index is 11.5. The summed E-state index contributed by atoms with van der Waals surface area (Å²) < 4.78 is -1.16. The Kier molecular flexibility index (Phi) is 5.02. The van der Waals surface area contributed by atoms with Gasteiger partial charge in [-0.15, -0.1) is 0 Å². The largest absolute Gasteiger partial charge is 0.299 e. The van der Waals surface area contributed by atoms with E-state index in [0.717, 1.165) is 32.1 Å². The molecule has 0 N–H and O–H groups in total. The highest BCUT2D eigenvalue weighted by atomic mass is 35.6. The van der Waals surface area contributed by atoms with Gasteiger partial charge in [0.15, 0.2) is 3.79 Å². The van der Waals surface area contributed by atoms with Crippen molar-refractivity contribution in [1.82, 2.24) is 0 Å². The predicted molar refractivity (Wildman–Crippen MR) is 61.1 cm³/mol. The average molecular weight is 258 g/mol. The molecule has 0 aromatic carbocycles. The van der Waals surface area contributed by atoms with Crippen LogP contribution in [0.5, 0.6) is 0 Å². The molecule has 1 saturated carbocycles. The fraction of sp³-hybridized carbons (Fsp3) is 0.900. The van der Waals surface area contributed by atoms with E-state index < -0.39 is 3.79 Å². The van der Waals surface area contributed by atoms with Crippen molar-refractivity contribution in [2.45, 2.75) is 48.7 Å². The molecular formula is C10H15Cl3O. The number of hydrogen-bond acceptors (Lipinski definition) is 1. The lowest BCUT2D eigenvalue weighted by molar-refractivity contribution is -0.124. The van der Waals surface area contributed by atoms with Gasteiger partial charge >= 0.3 is 0 Å². The number of rotatable bonds is 3. The molecule has 4 heteroatoms. The Hall–Kier alpha value is 0.540. The lowest BCUT2D eigenvalue weighted by atomic mass is 9.85. The van der Waals surface area contributed by atoms with E-state index in [1.54, 1.807) is 0 Å². The summed E-state index contributed by atoms with van der Waals surface area (Å²) in [7, 11) is 0. The van der Waals surface area contributed by atoms with E-state index >= 15 is 0 Å². The minimum atomic E-state index is -1.16. The third-order valence-corrected chi connectivity index (χ3v) is 3.26. The summed E-state index contributed by atoms with van der Waals surface area (Å²) in [6, 6.07) is 0. The average Bonchev–Trinajstić information content (AvgIpc) is 2.06. The van der Waals surface area contributed by atoms with Gasteiger partial charge in [0.2, 0.25) is 0 Å². The van der Waals surface area contributed by atoms with Crippen molar-refractivity contribution in [3.63, 3.8) is 0 Å². The molecule has 1 nitrogen and oxygen atoms in total. The molecule has 0 radical (unpaired) electrons. The van der Waals surface area contributed by atoms with Crippen LogP contribution in [0.1, 0.15) is 44.9 Å². The first-order chi connectivity index (χ1) is 6.49. The summed E-state index contributed by atoms with van der Waals surface area (Å²) in [6.45, 7) is 0. The summed E-state index contributed by atoms with van der Waals surface area (Å²) in [6.07, 6.45) is 6.25. The number of alkyl halides is 3. The normalized spacial score (nSPS) is 23.9. The smallest absolute Gasteiger partial charge is 0.190 e. The zero-order valence-corrected chi connectivity index (χ0v) is 10.3. The van der Waals surface area contributed by atoms with Crippen molar-refractivity contribution in [3.8, 4) is 0 Å². The number of halogens is 3. The zero-order valence-electron chi connectivity index (χ0n) is 8.07. The van der Waals surface area contributed by atoms with E-state index in [1.165, 1.54) is 6.42 Å². The topological polar surface area (TPSA) is 17.1 Å². The molecular weight excluding hydrogens is 242 g/mol. The van der Waals surface area contributed by atoms with Crippen molar-refractivity contribution in [2.24, 2.45) is 5.92 Å². The Labute approximate surface area is 100 Å². The van der Waals surface area contributed by atoms with Crippen LogP contribution in [0.15, 0.2) is 0 Å². The fourth-order valence-electron chi connectivity index (χ4n) is 1.91. The second-order valence-electron chi connectivity index (χ2n) is 3.92. The summed E-state index contributed by atoms with van der Waals surface area (Å²) in [5.41, 5.74) is 0. The van der Waals surface area contributed by atoms with E-state index in [-0.39, 0.29) is 5.92 Å². The first-order valence-corrected chi connectivity index (χ1v) is 6.22. The summed E-state index contributed by atoms with van der Waals surface area (Å²) in [4.78, 5) is 11.5. The van der Waals surface area contributed by atoms with Crippen LogP contribution in [0.4, 0.5) is 0 Å². The number of hydrogen-bond donors (Lipinski definition) is 0. The molecule has 0 heterocycles. The molecule has 0 aromatic heterocycles. The Bertz CT molecular complexity index is 198. The first kappa shape index (κ1) is 12.6. The van der Waals surface area contributed by atoms with Crippen molar-refractivity contribution in [2.75, 3.05) is 0 Å². The summed E-state index contributed by atoms with van der Waals surface area (Å²) in [5.74, 6) is 0.636. The van der Waals surface area contributed by atoms with E-state index in [9.17, 15) is 4.79 Å². The molecule has 1 fully saturated rings. The van der Waals surface area contributed by atoms with Crippen LogP contribution >= 0.6 is 34.8 Å². The van der Waals surface area contributed by atoms with Crippen LogP contribution in [0.25, 0.3) is 0 Å². The Morgan fingerprint density at radius 2 is 2.00 bits per heavy atom. The molecule has 1 aliphatic rings. The molecule has 0 bridgehead atoms. The van der Waals surface area contributed by atoms with Crippen molar-refractivity contribution >= 4 is 40.6 Å². The third kappa shape index (κ3) is 4.86. The van der Waals surface area contributed by atoms with Gasteiger partial charge in [-0.25, -0.2) is 0 Å². The van der Waals surface area contributed by atoms with Crippen LogP contribution in [0.2, 0.25) is 0 Å². The van der Waals surface area contributed by atoms with Crippen LogP contribution in [-0.2, 0) is 4.79 Å². The number of Topliss-reactive ketones (excluding diaryl/α,β-unsaturated/α-hetero) is 1. The van der Waals surface area contributed by atoms with Gasteiger partial charge in [0.25, 0.3) is 0 Å². The second-order valence-corrected chi connectivity index (χ2v) is 6.43. The minimum absolute atomic E-state index is 0.233. The summed E-state index contributed by atoms with van der Waals surface area (Å²) >= 11 is 16.9. The monoisotopic (exact) mass is 256 g/mol. The molecule has 1 rings (SSSR count). The highest BCUT2D eigenvalue weighted by Crippen LogP contribution is 2.33. The molecule has 82 valence electrons. The summed E-state index contributed by atoms with van der Waals surface area (Å²) in [5, 5.41) is 0. The third-order valence-electron chi connectivity index (χ3n) is 2.69. The van der Waals surface area contributed by atoms with Gasteiger partial charge in [0.1, 0.15) is 5.78 Å². The molecule has 0 aliphatic heterocycles. The molecule has 0 spiro atoms. The SMILES string of the molecule is O=C1CCCCC1CCCC(Cl)(Cl)Cl. The van der Waals surface area contributed by atoms with Crippen LogP contribution < -0.4 is 0 Å². The fourth-order valence-corrected chi connectivity index (χ4v) is 2.31. The second kappa shape index (κ2) is 5.58. The molecule has 0 aromatic rings. The first-order valence-electron chi connectivity index (χ1n) is 5.08. The lowest BCUT2D eigenvalue weighted by Crippen LogP contribution is -2.19. The van der Waals surface area contributed by atoms with Crippen molar-refractivity contribution < 1.29 is 4.79 Å². The Morgan fingerprint density at radius 3 is 2.57 bits per heavy atom. The minimum Gasteiger partial charge on any atom is -0.299 e. The zero-order chi connectivity index (χ0) is 10.6. The molecule has 0 amide bonds. The van der Waals surface area contributed by atoms with Gasteiger partial charge in [0, 0.05) is 12.3 Å². The molecule has 1 aliphatic carbocycles. The van der Waals surface area contributed by atoms with Gasteiger partial charge < -0.3 is 0 Å². The van der Waals surface area contributed by atoms with Crippen molar-refractivity contribution in [1.29, 1.82) is 0 Å². The Balaban J connectivity index is 2.20. The number of carbonyl (C=O) groups excluding carboxylic acids is 1. The van der Waals surface area contributed by atoms with E-state index in [2.05, 4.69) is 0 Å². The number of ketones is 1. The van der Waals surface area contributed by atoms with E-state index in [1.807, 2.05) is 0 Å². The van der Waals surface area contributed by atoms with Crippen LogP contribution in [0, 0.1) is 5.92 Å². The van der Waals surface area contributed by atoms with Gasteiger partial charge in [0.05, 0.1) is 0 Å². The highest BCUT2D eigenvalue weighted by Gasteiger charge is 2.24. The van der Waals surface area contributed by atoms with Gasteiger partial charge in [-0.3, -0.25) is 4.79 Å². The maximum Gasteiger partial charge on any atom is 0.190 e. The van der Waals surface area contributed by atoms with Crippen molar-refractivity contribution in [3.05, 3.63) is 0 Å². The molecule has 1 atom stereocenters. The van der Waals surface area contributed by atoms with Gasteiger partial charge in [-0.2, -0.15) is 0 Å². The van der Waals surface area contributed by atoms with E-state index in [4.69, 9.17) is 34.8 Å². The predicted octanol–water partition coefficient (Wildman–Crippen LogP) is 4.29. The molecule has 1 unspecified atom stereocenters. The van der Waals surface area contributed by atoms with E-state index in [0.29, 0.717) is 12.2 Å².